The standard InChI is InChI=1S/C13H11BrFNO3/c1-18-13(17)12-8(5-6-19-12)7-16-11-9(14)3-2-4-10(11)15/h2-6,16H,7H2,1H3. The first kappa shape index (κ1) is 13.6. The maximum Gasteiger partial charge on any atom is 0.374 e. The molecule has 1 N–H and O–H groups in total. The van der Waals surface area contributed by atoms with E-state index in [0.717, 1.165) is 0 Å². The summed E-state index contributed by atoms with van der Waals surface area (Å²) in [5.74, 6) is -0.825. The van der Waals surface area contributed by atoms with Crippen molar-refractivity contribution >= 4 is 27.6 Å². The van der Waals surface area contributed by atoms with Gasteiger partial charge in [-0.3, -0.25) is 0 Å². The quantitative estimate of drug-likeness (QED) is 0.872. The first-order valence-corrected chi connectivity index (χ1v) is 6.25. The highest BCUT2D eigenvalue weighted by atomic mass is 79.9. The molecule has 100 valence electrons. The van der Waals surface area contributed by atoms with Crippen molar-refractivity contribution in [1.29, 1.82) is 0 Å². The summed E-state index contributed by atoms with van der Waals surface area (Å²) in [4.78, 5) is 11.4. The van der Waals surface area contributed by atoms with Gasteiger partial charge in [0.1, 0.15) is 5.82 Å². The van der Waals surface area contributed by atoms with Gasteiger partial charge < -0.3 is 14.5 Å². The van der Waals surface area contributed by atoms with Crippen LogP contribution in [0.3, 0.4) is 0 Å². The fourth-order valence-electron chi connectivity index (χ4n) is 1.60. The van der Waals surface area contributed by atoms with Crippen LogP contribution >= 0.6 is 15.9 Å². The Kier molecular flexibility index (Phi) is 4.21. The van der Waals surface area contributed by atoms with Gasteiger partial charge in [0.25, 0.3) is 0 Å². The summed E-state index contributed by atoms with van der Waals surface area (Å²) < 4.78 is 23.8. The number of methoxy groups -OCH3 is 1. The molecule has 0 saturated heterocycles. The molecular formula is C13H11BrFNO3. The fourth-order valence-corrected chi connectivity index (χ4v) is 2.08. The largest absolute Gasteiger partial charge is 0.463 e. The van der Waals surface area contributed by atoms with E-state index < -0.39 is 5.97 Å². The van der Waals surface area contributed by atoms with Crippen LogP contribution in [-0.2, 0) is 11.3 Å². The average Bonchev–Trinajstić information content (AvgIpc) is 2.85. The summed E-state index contributed by atoms with van der Waals surface area (Å²) >= 11 is 3.25. The van der Waals surface area contributed by atoms with Crippen molar-refractivity contribution in [2.75, 3.05) is 12.4 Å². The third kappa shape index (κ3) is 2.96. The molecule has 0 aliphatic rings. The van der Waals surface area contributed by atoms with Crippen LogP contribution in [0.4, 0.5) is 10.1 Å². The van der Waals surface area contributed by atoms with E-state index in [1.165, 1.54) is 19.4 Å². The number of carbonyl (C=O) groups is 1. The highest BCUT2D eigenvalue weighted by Gasteiger charge is 2.16. The van der Waals surface area contributed by atoms with Gasteiger partial charge in [-0.2, -0.15) is 0 Å². The first-order chi connectivity index (χ1) is 9.13. The molecule has 0 unspecified atom stereocenters. The number of ether oxygens (including phenoxy) is 1. The van der Waals surface area contributed by atoms with Gasteiger partial charge in [0.2, 0.25) is 5.76 Å². The van der Waals surface area contributed by atoms with E-state index in [1.54, 1.807) is 18.2 Å². The van der Waals surface area contributed by atoms with E-state index in [1.807, 2.05) is 0 Å². The summed E-state index contributed by atoms with van der Waals surface area (Å²) in [6.07, 6.45) is 1.39. The fraction of sp³-hybridized carbons (Fsp3) is 0.154. The number of carbonyl (C=O) groups excluding carboxylic acids is 1. The lowest BCUT2D eigenvalue weighted by atomic mass is 10.2. The normalized spacial score (nSPS) is 10.3. The predicted octanol–water partition coefficient (Wildman–Crippen LogP) is 3.58. The summed E-state index contributed by atoms with van der Waals surface area (Å²) in [7, 11) is 1.27. The Labute approximate surface area is 117 Å². The molecule has 2 aromatic rings. The van der Waals surface area contributed by atoms with Gasteiger partial charge >= 0.3 is 5.97 Å². The van der Waals surface area contributed by atoms with Crippen LogP contribution < -0.4 is 5.32 Å². The zero-order chi connectivity index (χ0) is 13.8. The zero-order valence-corrected chi connectivity index (χ0v) is 11.7. The molecule has 0 spiro atoms. The number of hydrogen-bond donors (Lipinski definition) is 1. The molecule has 0 aliphatic heterocycles. The number of anilines is 1. The number of nitrogens with one attached hydrogen (secondary N) is 1. The van der Waals surface area contributed by atoms with Crippen LogP contribution in [0.25, 0.3) is 0 Å². The van der Waals surface area contributed by atoms with E-state index >= 15 is 0 Å². The molecule has 0 amide bonds. The van der Waals surface area contributed by atoms with Gasteiger partial charge in [-0.25, -0.2) is 9.18 Å². The molecule has 6 heteroatoms. The molecule has 1 aromatic heterocycles. The van der Waals surface area contributed by atoms with Crippen LogP contribution in [0.15, 0.2) is 39.4 Å². The molecule has 2 rings (SSSR count). The Hall–Kier alpha value is -1.82. The lowest BCUT2D eigenvalue weighted by Gasteiger charge is -2.09. The SMILES string of the molecule is COC(=O)c1occc1CNc1c(F)cccc1Br. The van der Waals surface area contributed by atoms with Gasteiger partial charge in [0, 0.05) is 16.6 Å². The van der Waals surface area contributed by atoms with Gasteiger partial charge in [-0.05, 0) is 34.1 Å². The molecule has 1 aromatic carbocycles. The Morgan fingerprint density at radius 1 is 1.47 bits per heavy atom. The van der Waals surface area contributed by atoms with Crippen molar-refractivity contribution in [2.24, 2.45) is 0 Å². The Morgan fingerprint density at radius 2 is 2.26 bits per heavy atom. The number of hydrogen-bond acceptors (Lipinski definition) is 4. The minimum atomic E-state index is -0.561. The topological polar surface area (TPSA) is 51.5 Å². The lowest BCUT2D eigenvalue weighted by molar-refractivity contribution is 0.0563. The minimum absolute atomic E-state index is 0.113. The smallest absolute Gasteiger partial charge is 0.374 e. The summed E-state index contributed by atoms with van der Waals surface area (Å²) in [5, 5.41) is 2.91. The highest BCUT2D eigenvalue weighted by molar-refractivity contribution is 9.10. The van der Waals surface area contributed by atoms with E-state index in [0.29, 0.717) is 15.7 Å². The third-order valence-electron chi connectivity index (χ3n) is 2.54. The van der Waals surface area contributed by atoms with Gasteiger partial charge in [0.15, 0.2) is 0 Å². The zero-order valence-electron chi connectivity index (χ0n) is 10.1. The maximum absolute atomic E-state index is 13.6. The third-order valence-corrected chi connectivity index (χ3v) is 3.20. The van der Waals surface area contributed by atoms with Crippen molar-refractivity contribution in [2.45, 2.75) is 6.54 Å². The Morgan fingerprint density at radius 3 is 2.95 bits per heavy atom. The lowest BCUT2D eigenvalue weighted by Crippen LogP contribution is -2.07. The number of esters is 1. The molecule has 0 aliphatic carbocycles. The molecule has 0 saturated carbocycles. The van der Waals surface area contributed by atoms with Crippen molar-refractivity contribution < 1.29 is 18.3 Å². The van der Waals surface area contributed by atoms with E-state index in [9.17, 15) is 9.18 Å². The summed E-state index contributed by atoms with van der Waals surface area (Å²) in [6.45, 7) is 0.250. The molecule has 0 atom stereocenters. The van der Waals surface area contributed by atoms with E-state index in [4.69, 9.17) is 4.42 Å². The molecule has 19 heavy (non-hydrogen) atoms. The van der Waals surface area contributed by atoms with Crippen molar-refractivity contribution in [3.05, 3.63) is 52.1 Å². The number of rotatable bonds is 4. The predicted molar refractivity (Wildman–Crippen MR) is 71.5 cm³/mol. The highest BCUT2D eigenvalue weighted by Crippen LogP contribution is 2.26. The number of benzene rings is 1. The number of furan rings is 1. The van der Waals surface area contributed by atoms with Crippen LogP contribution in [0, 0.1) is 5.82 Å². The van der Waals surface area contributed by atoms with Crippen molar-refractivity contribution in [1.82, 2.24) is 0 Å². The van der Waals surface area contributed by atoms with Gasteiger partial charge in [-0.1, -0.05) is 6.07 Å². The molecule has 0 radical (unpaired) electrons. The summed E-state index contributed by atoms with van der Waals surface area (Å²) in [5.41, 5.74) is 0.932. The molecule has 0 fully saturated rings. The second kappa shape index (κ2) is 5.88. The van der Waals surface area contributed by atoms with E-state index in [2.05, 4.69) is 26.0 Å². The van der Waals surface area contributed by atoms with Crippen molar-refractivity contribution in [3.8, 4) is 0 Å². The second-order valence-corrected chi connectivity index (χ2v) is 4.57. The summed E-state index contributed by atoms with van der Waals surface area (Å²) in [6, 6.07) is 6.31. The number of halogens is 2. The maximum atomic E-state index is 13.6. The first-order valence-electron chi connectivity index (χ1n) is 5.46. The van der Waals surface area contributed by atoms with E-state index in [-0.39, 0.29) is 18.1 Å². The van der Waals surface area contributed by atoms with Gasteiger partial charge in [-0.15, -0.1) is 0 Å². The Balaban J connectivity index is 2.15. The second-order valence-electron chi connectivity index (χ2n) is 3.72. The minimum Gasteiger partial charge on any atom is -0.463 e. The molecule has 4 nitrogen and oxygen atoms in total. The number of para-hydroxylation sites is 1. The molecule has 1 heterocycles. The Bertz CT molecular complexity index is 577. The van der Waals surface area contributed by atoms with Crippen LogP contribution in [0.5, 0.6) is 0 Å². The van der Waals surface area contributed by atoms with Crippen LogP contribution in [-0.4, -0.2) is 13.1 Å². The van der Waals surface area contributed by atoms with Crippen LogP contribution in [0.1, 0.15) is 16.1 Å². The molecule has 0 bridgehead atoms. The molecular weight excluding hydrogens is 317 g/mol. The average molecular weight is 328 g/mol. The monoisotopic (exact) mass is 327 g/mol. The van der Waals surface area contributed by atoms with Crippen molar-refractivity contribution in [3.63, 3.8) is 0 Å². The van der Waals surface area contributed by atoms with Gasteiger partial charge in [0.05, 0.1) is 19.1 Å². The van der Waals surface area contributed by atoms with Crippen LogP contribution in [0.2, 0.25) is 0 Å².